The van der Waals surface area contributed by atoms with Gasteiger partial charge in [-0.05, 0) is 17.7 Å². The highest BCUT2D eigenvalue weighted by Crippen LogP contribution is 2.29. The van der Waals surface area contributed by atoms with Crippen molar-refractivity contribution in [3.05, 3.63) is 35.4 Å². The first-order valence-electron chi connectivity index (χ1n) is 6.10. The first kappa shape index (κ1) is 13.4. The summed E-state index contributed by atoms with van der Waals surface area (Å²) in [7, 11) is 0. The first-order chi connectivity index (χ1) is 8.51. The lowest BCUT2D eigenvalue weighted by atomic mass is 9.95. The van der Waals surface area contributed by atoms with E-state index in [-0.39, 0.29) is 6.04 Å². The van der Waals surface area contributed by atoms with Crippen LogP contribution in [-0.4, -0.2) is 30.7 Å². The SMILES string of the molecule is CCN(CC(F)(F)F)C1CNCc2ccccc21. The molecular formula is C13H17F3N2. The smallest absolute Gasteiger partial charge is 0.311 e. The summed E-state index contributed by atoms with van der Waals surface area (Å²) in [5.74, 6) is 0. The predicted molar refractivity (Wildman–Crippen MR) is 64.2 cm³/mol. The molecule has 100 valence electrons. The topological polar surface area (TPSA) is 15.3 Å². The summed E-state index contributed by atoms with van der Waals surface area (Å²) in [4.78, 5) is 1.48. The Morgan fingerprint density at radius 3 is 2.72 bits per heavy atom. The minimum absolute atomic E-state index is 0.193. The Balaban J connectivity index is 2.22. The number of nitrogens with one attached hydrogen (secondary N) is 1. The number of rotatable bonds is 3. The van der Waals surface area contributed by atoms with Crippen LogP contribution in [0.1, 0.15) is 24.1 Å². The van der Waals surface area contributed by atoms with Crippen LogP contribution in [0.3, 0.4) is 0 Å². The van der Waals surface area contributed by atoms with Gasteiger partial charge in [0.15, 0.2) is 0 Å². The molecule has 0 radical (unpaired) electrons. The van der Waals surface area contributed by atoms with Crippen molar-refractivity contribution in [3.63, 3.8) is 0 Å². The van der Waals surface area contributed by atoms with Crippen molar-refractivity contribution in [1.82, 2.24) is 10.2 Å². The molecule has 0 saturated carbocycles. The average molecular weight is 258 g/mol. The molecule has 0 aliphatic carbocycles. The highest BCUT2D eigenvalue weighted by atomic mass is 19.4. The standard InChI is InChI=1S/C13H17F3N2/c1-2-18(9-13(14,15)16)12-8-17-7-10-5-3-4-6-11(10)12/h3-6,12,17H,2,7-9H2,1H3. The Bertz CT molecular complexity index is 403. The Labute approximate surface area is 105 Å². The summed E-state index contributed by atoms with van der Waals surface area (Å²) in [6, 6.07) is 7.51. The van der Waals surface area contributed by atoms with Gasteiger partial charge in [0.25, 0.3) is 0 Å². The molecule has 0 saturated heterocycles. The van der Waals surface area contributed by atoms with Crippen molar-refractivity contribution in [2.45, 2.75) is 25.7 Å². The minimum Gasteiger partial charge on any atom is -0.311 e. The number of alkyl halides is 3. The third-order valence-corrected chi connectivity index (χ3v) is 3.30. The average Bonchev–Trinajstić information content (AvgIpc) is 2.34. The predicted octanol–water partition coefficient (Wildman–Crippen LogP) is 2.72. The van der Waals surface area contributed by atoms with E-state index in [1.807, 2.05) is 24.3 Å². The van der Waals surface area contributed by atoms with Crippen molar-refractivity contribution in [3.8, 4) is 0 Å². The summed E-state index contributed by atoms with van der Waals surface area (Å²) in [5, 5.41) is 3.18. The fourth-order valence-electron chi connectivity index (χ4n) is 2.47. The molecule has 0 spiro atoms. The van der Waals surface area contributed by atoms with Crippen LogP contribution in [-0.2, 0) is 6.54 Å². The van der Waals surface area contributed by atoms with Crippen LogP contribution in [0.15, 0.2) is 24.3 Å². The van der Waals surface area contributed by atoms with Gasteiger partial charge in [-0.15, -0.1) is 0 Å². The van der Waals surface area contributed by atoms with E-state index in [0.717, 1.165) is 17.7 Å². The monoisotopic (exact) mass is 258 g/mol. The molecule has 0 aromatic heterocycles. The molecule has 18 heavy (non-hydrogen) atoms. The Hall–Kier alpha value is -1.07. The Morgan fingerprint density at radius 1 is 1.33 bits per heavy atom. The lowest BCUT2D eigenvalue weighted by molar-refractivity contribution is -0.150. The Morgan fingerprint density at radius 2 is 2.06 bits per heavy atom. The lowest BCUT2D eigenvalue weighted by Gasteiger charge is -2.35. The molecule has 0 amide bonds. The number of nitrogens with zero attached hydrogens (tertiary/aromatic N) is 1. The zero-order chi connectivity index (χ0) is 13.2. The van der Waals surface area contributed by atoms with Crippen LogP contribution >= 0.6 is 0 Å². The minimum atomic E-state index is -4.15. The summed E-state index contributed by atoms with van der Waals surface area (Å²) in [6.07, 6.45) is -4.15. The van der Waals surface area contributed by atoms with Crippen molar-refractivity contribution >= 4 is 0 Å². The van der Waals surface area contributed by atoms with E-state index in [9.17, 15) is 13.2 Å². The summed E-state index contributed by atoms with van der Waals surface area (Å²) >= 11 is 0. The summed E-state index contributed by atoms with van der Waals surface area (Å²) in [6.45, 7) is 2.60. The van der Waals surface area contributed by atoms with E-state index >= 15 is 0 Å². The molecule has 1 N–H and O–H groups in total. The van der Waals surface area contributed by atoms with Crippen molar-refractivity contribution in [2.24, 2.45) is 0 Å². The van der Waals surface area contributed by atoms with Crippen LogP contribution in [0.25, 0.3) is 0 Å². The molecule has 2 nitrogen and oxygen atoms in total. The van der Waals surface area contributed by atoms with E-state index < -0.39 is 12.7 Å². The fraction of sp³-hybridized carbons (Fsp3) is 0.538. The van der Waals surface area contributed by atoms with Gasteiger partial charge in [0, 0.05) is 19.1 Å². The largest absolute Gasteiger partial charge is 0.401 e. The van der Waals surface area contributed by atoms with E-state index in [1.54, 1.807) is 6.92 Å². The number of hydrogen-bond donors (Lipinski definition) is 1. The second-order valence-corrected chi connectivity index (χ2v) is 4.52. The van der Waals surface area contributed by atoms with E-state index in [0.29, 0.717) is 13.1 Å². The van der Waals surface area contributed by atoms with Crippen LogP contribution in [0.4, 0.5) is 13.2 Å². The van der Waals surface area contributed by atoms with Gasteiger partial charge in [-0.3, -0.25) is 4.90 Å². The summed E-state index contributed by atoms with van der Waals surface area (Å²) in [5.41, 5.74) is 2.11. The molecule has 2 rings (SSSR count). The van der Waals surface area contributed by atoms with Crippen LogP contribution in [0, 0.1) is 0 Å². The number of hydrogen-bond acceptors (Lipinski definition) is 2. The zero-order valence-electron chi connectivity index (χ0n) is 10.3. The molecule has 1 aromatic carbocycles. The third kappa shape index (κ3) is 3.03. The molecule has 0 fully saturated rings. The van der Waals surface area contributed by atoms with Gasteiger partial charge in [0.05, 0.1) is 6.54 Å². The highest BCUT2D eigenvalue weighted by molar-refractivity contribution is 5.32. The van der Waals surface area contributed by atoms with Gasteiger partial charge in [-0.1, -0.05) is 31.2 Å². The molecule has 1 aliphatic heterocycles. The normalized spacial score (nSPS) is 19.9. The van der Waals surface area contributed by atoms with E-state index in [1.165, 1.54) is 4.90 Å². The number of likely N-dealkylation sites (N-methyl/N-ethyl adjacent to an activating group) is 1. The van der Waals surface area contributed by atoms with Crippen LogP contribution < -0.4 is 5.32 Å². The zero-order valence-corrected chi connectivity index (χ0v) is 10.3. The van der Waals surface area contributed by atoms with Gasteiger partial charge >= 0.3 is 6.18 Å². The first-order valence-corrected chi connectivity index (χ1v) is 6.10. The maximum Gasteiger partial charge on any atom is 0.401 e. The molecular weight excluding hydrogens is 241 g/mol. The molecule has 1 unspecified atom stereocenters. The highest BCUT2D eigenvalue weighted by Gasteiger charge is 2.34. The maximum atomic E-state index is 12.6. The molecule has 1 heterocycles. The van der Waals surface area contributed by atoms with E-state index in [2.05, 4.69) is 5.32 Å². The van der Waals surface area contributed by atoms with Gasteiger partial charge in [-0.25, -0.2) is 0 Å². The molecule has 0 bridgehead atoms. The molecule has 1 aliphatic rings. The number of fused-ring (bicyclic) bond motifs is 1. The second kappa shape index (κ2) is 5.28. The van der Waals surface area contributed by atoms with Crippen molar-refractivity contribution < 1.29 is 13.2 Å². The van der Waals surface area contributed by atoms with Gasteiger partial charge < -0.3 is 5.32 Å². The molecule has 5 heteroatoms. The molecule has 1 atom stereocenters. The second-order valence-electron chi connectivity index (χ2n) is 4.52. The third-order valence-electron chi connectivity index (χ3n) is 3.30. The van der Waals surface area contributed by atoms with Gasteiger partial charge in [-0.2, -0.15) is 13.2 Å². The van der Waals surface area contributed by atoms with Crippen LogP contribution in [0.5, 0.6) is 0 Å². The number of benzene rings is 1. The summed E-state index contributed by atoms with van der Waals surface area (Å²) < 4.78 is 37.7. The van der Waals surface area contributed by atoms with Crippen molar-refractivity contribution in [1.29, 1.82) is 0 Å². The van der Waals surface area contributed by atoms with Crippen LogP contribution in [0.2, 0.25) is 0 Å². The Kier molecular flexibility index (Phi) is 3.92. The van der Waals surface area contributed by atoms with Gasteiger partial charge in [0.2, 0.25) is 0 Å². The fourth-order valence-corrected chi connectivity index (χ4v) is 2.47. The molecule has 1 aromatic rings. The van der Waals surface area contributed by atoms with Gasteiger partial charge in [0.1, 0.15) is 0 Å². The van der Waals surface area contributed by atoms with E-state index in [4.69, 9.17) is 0 Å². The quantitative estimate of drug-likeness (QED) is 0.896. The van der Waals surface area contributed by atoms with Crippen molar-refractivity contribution in [2.75, 3.05) is 19.6 Å². The maximum absolute atomic E-state index is 12.6. The number of halogens is 3. The lowest BCUT2D eigenvalue weighted by Crippen LogP contribution is -2.43.